The number of allylic oxidation sites excluding steroid dienone is 1. The zero-order valence-electron chi connectivity index (χ0n) is 14.9. The lowest BCUT2D eigenvalue weighted by molar-refractivity contribution is 0.153. The van der Waals surface area contributed by atoms with Crippen molar-refractivity contribution in [3.63, 3.8) is 0 Å². The van der Waals surface area contributed by atoms with E-state index in [1.165, 1.54) is 57.8 Å². The van der Waals surface area contributed by atoms with E-state index in [0.717, 1.165) is 35.7 Å². The molecule has 0 atom stereocenters. The van der Waals surface area contributed by atoms with E-state index in [1.807, 2.05) is 12.1 Å². The summed E-state index contributed by atoms with van der Waals surface area (Å²) in [5.74, 6) is 3.31. The molecule has 1 aromatic carbocycles. The van der Waals surface area contributed by atoms with Crippen LogP contribution in [0.15, 0.2) is 34.3 Å². The molecule has 0 unspecified atom stereocenters. The summed E-state index contributed by atoms with van der Waals surface area (Å²) in [5, 5.41) is 0. The molecule has 0 N–H and O–H groups in total. The molecule has 0 aromatic heterocycles. The van der Waals surface area contributed by atoms with Crippen molar-refractivity contribution in [1.82, 2.24) is 0 Å². The lowest BCUT2D eigenvalue weighted by Gasteiger charge is -2.37. The van der Waals surface area contributed by atoms with Crippen molar-refractivity contribution in [3.8, 4) is 0 Å². The minimum absolute atomic E-state index is 0.138. The third kappa shape index (κ3) is 5.57. The number of halogens is 3. The Kier molecular flexibility index (Phi) is 7.42. The summed E-state index contributed by atoms with van der Waals surface area (Å²) >= 11 is 8.95. The van der Waals surface area contributed by atoms with Crippen LogP contribution in [0.4, 0.5) is 4.39 Å². The molecule has 25 heavy (non-hydrogen) atoms. The normalized spacial score (nSPS) is 30.7. The fourth-order valence-electron chi connectivity index (χ4n) is 4.93. The van der Waals surface area contributed by atoms with Gasteiger partial charge in [0.15, 0.2) is 0 Å². The second kappa shape index (κ2) is 9.55. The Balaban J connectivity index is 1.39. The summed E-state index contributed by atoms with van der Waals surface area (Å²) in [6.45, 7) is 0. The Morgan fingerprint density at radius 3 is 2.24 bits per heavy atom. The SMILES string of the molecule is Fc1cc(CCC2CCC(C3CCC(C=CCl)CC3)CC2)ccc1Br. The average Bonchev–Trinajstić information content (AvgIpc) is 2.64. The van der Waals surface area contributed by atoms with E-state index in [4.69, 9.17) is 11.6 Å². The van der Waals surface area contributed by atoms with Crippen molar-refractivity contribution in [2.45, 2.75) is 64.2 Å². The number of aryl methyl sites for hydroxylation is 1. The summed E-state index contributed by atoms with van der Waals surface area (Å²) in [5.41, 5.74) is 2.83. The van der Waals surface area contributed by atoms with Crippen LogP contribution >= 0.6 is 27.5 Å². The quantitative estimate of drug-likeness (QED) is 0.448. The minimum atomic E-state index is -0.138. The number of rotatable bonds is 5. The zero-order valence-corrected chi connectivity index (χ0v) is 17.2. The second-order valence-corrected chi connectivity index (χ2v) is 9.17. The lowest BCUT2D eigenvalue weighted by Crippen LogP contribution is -2.25. The standard InChI is InChI=1S/C22H29BrClF/c23-21-12-7-18(15-22(21)25)2-1-16-3-8-19(9-4-16)20-10-5-17(6-11-20)13-14-24/h7,12-17,19-20H,1-6,8-11H2. The summed E-state index contributed by atoms with van der Waals surface area (Å²) < 4.78 is 14.2. The van der Waals surface area contributed by atoms with E-state index in [-0.39, 0.29) is 5.82 Å². The molecule has 0 spiro atoms. The Morgan fingerprint density at radius 2 is 1.64 bits per heavy atom. The summed E-state index contributed by atoms with van der Waals surface area (Å²) in [7, 11) is 0. The first-order valence-electron chi connectivity index (χ1n) is 9.86. The van der Waals surface area contributed by atoms with E-state index < -0.39 is 0 Å². The number of benzene rings is 1. The summed E-state index contributed by atoms with van der Waals surface area (Å²) in [6.07, 6.45) is 15.4. The van der Waals surface area contributed by atoms with Gasteiger partial charge in [-0.05, 0) is 109 Å². The third-order valence-electron chi connectivity index (χ3n) is 6.54. The first-order chi connectivity index (χ1) is 12.2. The van der Waals surface area contributed by atoms with E-state index in [0.29, 0.717) is 4.47 Å². The van der Waals surface area contributed by atoms with Crippen LogP contribution in [0.2, 0.25) is 0 Å². The van der Waals surface area contributed by atoms with Crippen LogP contribution in [0.3, 0.4) is 0 Å². The molecular weight excluding hydrogens is 399 g/mol. The lowest BCUT2D eigenvalue weighted by atomic mass is 9.68. The first kappa shape index (κ1) is 19.4. The van der Waals surface area contributed by atoms with E-state index in [1.54, 1.807) is 11.6 Å². The van der Waals surface area contributed by atoms with Gasteiger partial charge in [-0.15, -0.1) is 0 Å². The topological polar surface area (TPSA) is 0 Å². The van der Waals surface area contributed by atoms with Crippen molar-refractivity contribution >= 4 is 27.5 Å². The number of hydrogen-bond donors (Lipinski definition) is 0. The molecule has 2 aliphatic carbocycles. The maximum absolute atomic E-state index is 13.6. The van der Waals surface area contributed by atoms with Gasteiger partial charge < -0.3 is 0 Å². The zero-order chi connectivity index (χ0) is 17.6. The molecule has 0 radical (unpaired) electrons. The molecule has 0 aliphatic heterocycles. The fourth-order valence-corrected chi connectivity index (χ4v) is 5.38. The van der Waals surface area contributed by atoms with E-state index in [2.05, 4.69) is 22.0 Å². The van der Waals surface area contributed by atoms with Crippen LogP contribution < -0.4 is 0 Å². The van der Waals surface area contributed by atoms with Gasteiger partial charge >= 0.3 is 0 Å². The molecule has 0 heterocycles. The van der Waals surface area contributed by atoms with Crippen LogP contribution in [0.1, 0.15) is 63.4 Å². The second-order valence-electron chi connectivity index (χ2n) is 8.06. The fraction of sp³-hybridized carbons (Fsp3) is 0.636. The molecular formula is C22H29BrClF. The summed E-state index contributed by atoms with van der Waals surface area (Å²) in [6, 6.07) is 5.56. The Bertz CT molecular complexity index is 569. The molecule has 0 nitrogen and oxygen atoms in total. The molecule has 3 heteroatoms. The maximum Gasteiger partial charge on any atom is 0.137 e. The molecule has 2 fully saturated rings. The van der Waals surface area contributed by atoms with Gasteiger partial charge in [-0.2, -0.15) is 0 Å². The smallest absolute Gasteiger partial charge is 0.137 e. The van der Waals surface area contributed by atoms with Crippen LogP contribution in [0, 0.1) is 29.5 Å². The van der Waals surface area contributed by atoms with Gasteiger partial charge in [-0.1, -0.05) is 36.6 Å². The van der Waals surface area contributed by atoms with Gasteiger partial charge in [0.2, 0.25) is 0 Å². The average molecular weight is 428 g/mol. The highest BCUT2D eigenvalue weighted by Crippen LogP contribution is 2.42. The van der Waals surface area contributed by atoms with Crippen molar-refractivity contribution in [1.29, 1.82) is 0 Å². The van der Waals surface area contributed by atoms with Crippen LogP contribution in [-0.4, -0.2) is 0 Å². The predicted molar refractivity (Wildman–Crippen MR) is 108 cm³/mol. The third-order valence-corrected chi connectivity index (χ3v) is 7.33. The van der Waals surface area contributed by atoms with E-state index in [9.17, 15) is 4.39 Å². The van der Waals surface area contributed by atoms with Crippen molar-refractivity contribution in [3.05, 3.63) is 45.7 Å². The summed E-state index contributed by atoms with van der Waals surface area (Å²) in [4.78, 5) is 0. The molecule has 0 amide bonds. The Hall–Kier alpha value is -0.340. The van der Waals surface area contributed by atoms with E-state index >= 15 is 0 Å². The molecule has 0 saturated heterocycles. The van der Waals surface area contributed by atoms with Crippen molar-refractivity contribution < 1.29 is 4.39 Å². The molecule has 138 valence electrons. The van der Waals surface area contributed by atoms with Crippen molar-refractivity contribution in [2.75, 3.05) is 0 Å². The van der Waals surface area contributed by atoms with Crippen LogP contribution in [-0.2, 0) is 6.42 Å². The maximum atomic E-state index is 13.6. The largest absolute Gasteiger partial charge is 0.206 e. The van der Waals surface area contributed by atoms with Gasteiger partial charge in [0, 0.05) is 5.54 Å². The molecule has 2 aliphatic rings. The molecule has 1 aromatic rings. The predicted octanol–water partition coefficient (Wildman–Crippen LogP) is 7.89. The minimum Gasteiger partial charge on any atom is -0.206 e. The molecule has 0 bridgehead atoms. The molecule has 3 rings (SSSR count). The monoisotopic (exact) mass is 426 g/mol. The van der Waals surface area contributed by atoms with Gasteiger partial charge in [0.1, 0.15) is 5.82 Å². The number of hydrogen-bond acceptors (Lipinski definition) is 0. The molecule has 2 saturated carbocycles. The first-order valence-corrected chi connectivity index (χ1v) is 11.1. The van der Waals surface area contributed by atoms with Crippen LogP contribution in [0.25, 0.3) is 0 Å². The highest BCUT2D eigenvalue weighted by molar-refractivity contribution is 9.10. The van der Waals surface area contributed by atoms with Gasteiger partial charge in [0.25, 0.3) is 0 Å². The van der Waals surface area contributed by atoms with Gasteiger partial charge in [0.05, 0.1) is 4.47 Å². The highest BCUT2D eigenvalue weighted by atomic mass is 79.9. The van der Waals surface area contributed by atoms with Gasteiger partial charge in [-0.25, -0.2) is 4.39 Å². The highest BCUT2D eigenvalue weighted by Gasteiger charge is 2.30. The van der Waals surface area contributed by atoms with Crippen LogP contribution in [0.5, 0.6) is 0 Å². The Labute approximate surface area is 165 Å². The van der Waals surface area contributed by atoms with Crippen molar-refractivity contribution in [2.24, 2.45) is 23.7 Å². The Morgan fingerprint density at radius 1 is 1.00 bits per heavy atom. The van der Waals surface area contributed by atoms with Gasteiger partial charge in [-0.3, -0.25) is 0 Å².